The Morgan fingerprint density at radius 1 is 1.29 bits per heavy atom. The SMILES string of the molecule is Cc1ccc(C(=O)NCc2cccc3c2OCO3)c(F)c1. The van der Waals surface area contributed by atoms with E-state index >= 15 is 0 Å². The van der Waals surface area contributed by atoms with Crippen LogP contribution in [0.15, 0.2) is 36.4 Å². The molecule has 1 aliphatic heterocycles. The molecule has 21 heavy (non-hydrogen) atoms. The van der Waals surface area contributed by atoms with E-state index in [1.165, 1.54) is 12.1 Å². The quantitative estimate of drug-likeness (QED) is 0.944. The molecule has 0 spiro atoms. The minimum absolute atomic E-state index is 0.0327. The smallest absolute Gasteiger partial charge is 0.254 e. The van der Waals surface area contributed by atoms with Crippen molar-refractivity contribution in [1.82, 2.24) is 5.32 Å². The highest BCUT2D eigenvalue weighted by Gasteiger charge is 2.18. The average Bonchev–Trinajstić information content (AvgIpc) is 2.93. The lowest BCUT2D eigenvalue weighted by molar-refractivity contribution is 0.0946. The summed E-state index contributed by atoms with van der Waals surface area (Å²) in [6.45, 7) is 2.20. The van der Waals surface area contributed by atoms with E-state index < -0.39 is 11.7 Å². The summed E-state index contributed by atoms with van der Waals surface area (Å²) < 4.78 is 24.4. The third kappa shape index (κ3) is 2.67. The van der Waals surface area contributed by atoms with Gasteiger partial charge < -0.3 is 14.8 Å². The van der Waals surface area contributed by atoms with E-state index in [2.05, 4.69) is 5.32 Å². The first-order chi connectivity index (χ1) is 10.1. The Morgan fingerprint density at radius 2 is 2.14 bits per heavy atom. The van der Waals surface area contributed by atoms with Gasteiger partial charge in [-0.05, 0) is 30.7 Å². The molecule has 0 saturated carbocycles. The standard InChI is InChI=1S/C16H14FNO3/c1-10-5-6-12(13(17)7-10)16(19)18-8-11-3-2-4-14-15(11)21-9-20-14/h2-7H,8-9H2,1H3,(H,18,19). The highest BCUT2D eigenvalue weighted by atomic mass is 19.1. The van der Waals surface area contributed by atoms with Gasteiger partial charge in [0.1, 0.15) is 5.82 Å². The third-order valence-electron chi connectivity index (χ3n) is 3.29. The lowest BCUT2D eigenvalue weighted by Crippen LogP contribution is -2.24. The molecular formula is C16H14FNO3. The van der Waals surface area contributed by atoms with Crippen LogP contribution in [-0.2, 0) is 6.54 Å². The number of fused-ring (bicyclic) bond motifs is 1. The molecule has 0 saturated heterocycles. The molecule has 4 nitrogen and oxygen atoms in total. The van der Waals surface area contributed by atoms with Gasteiger partial charge in [0.15, 0.2) is 11.5 Å². The lowest BCUT2D eigenvalue weighted by atomic mass is 10.1. The van der Waals surface area contributed by atoms with Crippen LogP contribution >= 0.6 is 0 Å². The first-order valence-electron chi connectivity index (χ1n) is 6.57. The molecule has 1 heterocycles. The molecule has 0 radical (unpaired) electrons. The molecule has 2 aromatic carbocycles. The largest absolute Gasteiger partial charge is 0.454 e. The zero-order valence-electron chi connectivity index (χ0n) is 11.5. The minimum atomic E-state index is -0.523. The summed E-state index contributed by atoms with van der Waals surface area (Å²) in [7, 11) is 0. The van der Waals surface area contributed by atoms with Crippen LogP contribution in [-0.4, -0.2) is 12.7 Å². The van der Waals surface area contributed by atoms with Gasteiger partial charge in [0, 0.05) is 12.1 Å². The zero-order valence-corrected chi connectivity index (χ0v) is 11.5. The fraction of sp³-hybridized carbons (Fsp3) is 0.188. The van der Waals surface area contributed by atoms with Crippen molar-refractivity contribution in [2.24, 2.45) is 0 Å². The number of amides is 1. The molecule has 0 atom stereocenters. The highest BCUT2D eigenvalue weighted by Crippen LogP contribution is 2.35. The number of hydrogen-bond donors (Lipinski definition) is 1. The van der Waals surface area contributed by atoms with Crippen molar-refractivity contribution >= 4 is 5.91 Å². The maximum absolute atomic E-state index is 13.7. The van der Waals surface area contributed by atoms with Crippen molar-refractivity contribution < 1.29 is 18.7 Å². The Labute approximate surface area is 121 Å². The number of benzene rings is 2. The van der Waals surface area contributed by atoms with E-state index in [0.717, 1.165) is 11.1 Å². The minimum Gasteiger partial charge on any atom is -0.454 e. The van der Waals surface area contributed by atoms with E-state index in [0.29, 0.717) is 11.5 Å². The average molecular weight is 287 g/mol. The number of ether oxygens (including phenoxy) is 2. The monoisotopic (exact) mass is 287 g/mol. The lowest BCUT2D eigenvalue weighted by Gasteiger charge is -2.09. The number of carbonyl (C=O) groups is 1. The van der Waals surface area contributed by atoms with Crippen LogP contribution < -0.4 is 14.8 Å². The van der Waals surface area contributed by atoms with Gasteiger partial charge in [-0.25, -0.2) is 4.39 Å². The summed E-state index contributed by atoms with van der Waals surface area (Å²) >= 11 is 0. The summed E-state index contributed by atoms with van der Waals surface area (Å²) in [6.07, 6.45) is 0. The first-order valence-corrected chi connectivity index (χ1v) is 6.57. The number of nitrogens with one attached hydrogen (secondary N) is 1. The fourth-order valence-corrected chi connectivity index (χ4v) is 2.20. The predicted octanol–water partition coefficient (Wildman–Crippen LogP) is 2.79. The van der Waals surface area contributed by atoms with Crippen molar-refractivity contribution in [1.29, 1.82) is 0 Å². The molecule has 1 amide bonds. The number of para-hydroxylation sites is 1. The second-order valence-electron chi connectivity index (χ2n) is 4.82. The van der Waals surface area contributed by atoms with E-state index in [1.807, 2.05) is 12.1 Å². The summed E-state index contributed by atoms with van der Waals surface area (Å²) in [5.41, 5.74) is 1.60. The summed E-state index contributed by atoms with van der Waals surface area (Å²) in [6, 6.07) is 9.98. The summed E-state index contributed by atoms with van der Waals surface area (Å²) in [4.78, 5) is 12.0. The van der Waals surface area contributed by atoms with Gasteiger partial charge >= 0.3 is 0 Å². The highest BCUT2D eigenvalue weighted by molar-refractivity contribution is 5.94. The Morgan fingerprint density at radius 3 is 2.95 bits per heavy atom. The Bertz CT molecular complexity index is 700. The van der Waals surface area contributed by atoms with Crippen LogP contribution in [0.2, 0.25) is 0 Å². The second-order valence-corrected chi connectivity index (χ2v) is 4.82. The number of rotatable bonds is 3. The number of halogens is 1. The van der Waals surface area contributed by atoms with Crippen molar-refractivity contribution in [2.45, 2.75) is 13.5 Å². The molecule has 0 fully saturated rings. The van der Waals surface area contributed by atoms with Crippen molar-refractivity contribution in [3.63, 3.8) is 0 Å². The molecule has 1 N–H and O–H groups in total. The molecule has 108 valence electrons. The molecule has 0 aromatic heterocycles. The van der Waals surface area contributed by atoms with E-state index in [-0.39, 0.29) is 18.9 Å². The van der Waals surface area contributed by atoms with Gasteiger partial charge in [0.05, 0.1) is 5.56 Å². The van der Waals surface area contributed by atoms with E-state index in [4.69, 9.17) is 9.47 Å². The van der Waals surface area contributed by atoms with Crippen LogP contribution in [0.1, 0.15) is 21.5 Å². The maximum Gasteiger partial charge on any atom is 0.254 e. The van der Waals surface area contributed by atoms with Crippen molar-refractivity contribution in [3.8, 4) is 11.5 Å². The zero-order chi connectivity index (χ0) is 14.8. The molecule has 3 rings (SSSR count). The Kier molecular flexibility index (Phi) is 3.48. The van der Waals surface area contributed by atoms with E-state index in [1.54, 1.807) is 19.1 Å². The van der Waals surface area contributed by atoms with Gasteiger partial charge in [-0.3, -0.25) is 4.79 Å². The first kappa shape index (κ1) is 13.4. The van der Waals surface area contributed by atoms with Gasteiger partial charge in [-0.1, -0.05) is 18.2 Å². The van der Waals surface area contributed by atoms with Crippen LogP contribution in [0, 0.1) is 12.7 Å². The number of aryl methyl sites for hydroxylation is 1. The Hall–Kier alpha value is -2.56. The van der Waals surface area contributed by atoms with Crippen molar-refractivity contribution in [2.75, 3.05) is 6.79 Å². The molecule has 0 bridgehead atoms. The maximum atomic E-state index is 13.7. The molecular weight excluding hydrogens is 273 g/mol. The Balaban J connectivity index is 1.73. The van der Waals surface area contributed by atoms with Gasteiger partial charge in [-0.2, -0.15) is 0 Å². The second kappa shape index (κ2) is 5.44. The molecule has 5 heteroatoms. The normalized spacial score (nSPS) is 12.3. The van der Waals surface area contributed by atoms with Gasteiger partial charge in [0.25, 0.3) is 5.91 Å². The summed E-state index contributed by atoms with van der Waals surface area (Å²) in [5, 5.41) is 2.69. The van der Waals surface area contributed by atoms with Crippen molar-refractivity contribution in [3.05, 3.63) is 58.9 Å². The van der Waals surface area contributed by atoms with Crippen LogP contribution in [0.25, 0.3) is 0 Å². The molecule has 1 aliphatic rings. The summed E-state index contributed by atoms with van der Waals surface area (Å²) in [5.74, 6) is 0.305. The van der Waals surface area contributed by atoms with E-state index in [9.17, 15) is 9.18 Å². The molecule has 0 unspecified atom stereocenters. The van der Waals surface area contributed by atoms with Gasteiger partial charge in [0.2, 0.25) is 6.79 Å². The predicted molar refractivity (Wildman–Crippen MR) is 74.9 cm³/mol. The van der Waals surface area contributed by atoms with Crippen LogP contribution in [0.3, 0.4) is 0 Å². The number of hydrogen-bond acceptors (Lipinski definition) is 3. The fourth-order valence-electron chi connectivity index (χ4n) is 2.20. The topological polar surface area (TPSA) is 47.6 Å². The third-order valence-corrected chi connectivity index (χ3v) is 3.29. The van der Waals surface area contributed by atoms with Gasteiger partial charge in [-0.15, -0.1) is 0 Å². The van der Waals surface area contributed by atoms with Crippen LogP contribution in [0.5, 0.6) is 11.5 Å². The molecule has 2 aromatic rings. The number of carbonyl (C=O) groups excluding carboxylic acids is 1. The van der Waals surface area contributed by atoms with Crippen LogP contribution in [0.4, 0.5) is 4.39 Å². The molecule has 0 aliphatic carbocycles.